The van der Waals surface area contributed by atoms with Crippen LogP contribution >= 0.6 is 0 Å². The van der Waals surface area contributed by atoms with Crippen LogP contribution in [0, 0.1) is 11.3 Å². The molecule has 4 rings (SSSR count). The fourth-order valence-corrected chi connectivity index (χ4v) is 3.15. The van der Waals surface area contributed by atoms with Gasteiger partial charge in [0.15, 0.2) is 0 Å². The Labute approximate surface area is 149 Å². The summed E-state index contributed by atoms with van der Waals surface area (Å²) < 4.78 is 6.78. The van der Waals surface area contributed by atoms with Gasteiger partial charge in [-0.15, -0.1) is 0 Å². The predicted molar refractivity (Wildman–Crippen MR) is 99.2 cm³/mol. The maximum absolute atomic E-state index is 13.2. The van der Waals surface area contributed by atoms with E-state index in [2.05, 4.69) is 11.1 Å². The number of aromatic amines is 1. The number of rotatable bonds is 4. The second-order valence-corrected chi connectivity index (χ2v) is 5.93. The molecule has 0 unspecified atom stereocenters. The fourth-order valence-electron chi connectivity index (χ4n) is 3.15. The van der Waals surface area contributed by atoms with Crippen LogP contribution in [0.2, 0.25) is 0 Å². The zero-order chi connectivity index (χ0) is 18.1. The van der Waals surface area contributed by atoms with Crippen molar-refractivity contribution in [1.82, 2.24) is 14.4 Å². The molecule has 0 saturated heterocycles. The SMILES string of the molecule is COc1ccc(-c2nc3[nH]c4ccccc4n3c(=O)c2CCC#N)cc1. The Hall–Kier alpha value is -3.59. The lowest BCUT2D eigenvalue weighted by Gasteiger charge is -2.09. The number of para-hydroxylation sites is 2. The molecule has 0 amide bonds. The third kappa shape index (κ3) is 2.50. The molecular formula is C20H16N4O2. The molecule has 0 aliphatic heterocycles. The lowest BCUT2D eigenvalue weighted by atomic mass is 10.0. The van der Waals surface area contributed by atoms with Gasteiger partial charge < -0.3 is 9.72 Å². The molecule has 0 radical (unpaired) electrons. The first-order valence-electron chi connectivity index (χ1n) is 8.26. The Morgan fingerprint density at radius 1 is 1.19 bits per heavy atom. The number of benzene rings is 2. The van der Waals surface area contributed by atoms with Gasteiger partial charge in [-0.05, 0) is 42.8 Å². The number of methoxy groups -OCH3 is 1. The summed E-state index contributed by atoms with van der Waals surface area (Å²) in [4.78, 5) is 21.1. The number of nitrogens with zero attached hydrogens (tertiary/aromatic N) is 3. The molecule has 0 bridgehead atoms. The van der Waals surface area contributed by atoms with Crippen molar-refractivity contribution in [2.24, 2.45) is 0 Å². The van der Waals surface area contributed by atoms with Gasteiger partial charge in [0.05, 0.1) is 29.9 Å². The van der Waals surface area contributed by atoms with E-state index in [1.54, 1.807) is 11.5 Å². The van der Waals surface area contributed by atoms with Crippen LogP contribution in [0.25, 0.3) is 28.1 Å². The van der Waals surface area contributed by atoms with Gasteiger partial charge in [-0.25, -0.2) is 9.38 Å². The van der Waals surface area contributed by atoms with Gasteiger partial charge in [0.2, 0.25) is 5.78 Å². The summed E-state index contributed by atoms with van der Waals surface area (Å²) in [6, 6.07) is 17.1. The summed E-state index contributed by atoms with van der Waals surface area (Å²) in [5.74, 6) is 1.22. The minimum absolute atomic E-state index is 0.145. The highest BCUT2D eigenvalue weighted by Gasteiger charge is 2.17. The van der Waals surface area contributed by atoms with Crippen LogP contribution in [0.5, 0.6) is 5.75 Å². The van der Waals surface area contributed by atoms with Crippen molar-refractivity contribution < 1.29 is 4.74 Å². The minimum atomic E-state index is -0.145. The maximum Gasteiger partial charge on any atom is 0.263 e. The average molecular weight is 344 g/mol. The molecule has 1 N–H and O–H groups in total. The fraction of sp³-hybridized carbons (Fsp3) is 0.150. The Bertz CT molecular complexity index is 1200. The van der Waals surface area contributed by atoms with Gasteiger partial charge in [0.1, 0.15) is 5.75 Å². The van der Waals surface area contributed by atoms with Crippen molar-refractivity contribution in [3.05, 3.63) is 64.4 Å². The van der Waals surface area contributed by atoms with Crippen LogP contribution < -0.4 is 10.3 Å². The Kier molecular flexibility index (Phi) is 3.90. The van der Waals surface area contributed by atoms with Crippen molar-refractivity contribution in [2.75, 3.05) is 7.11 Å². The van der Waals surface area contributed by atoms with Crippen LogP contribution in [0.4, 0.5) is 0 Å². The predicted octanol–water partition coefficient (Wildman–Crippen LogP) is 3.31. The van der Waals surface area contributed by atoms with Crippen molar-refractivity contribution in [3.63, 3.8) is 0 Å². The number of nitriles is 1. The minimum Gasteiger partial charge on any atom is -0.497 e. The number of ether oxygens (including phenoxy) is 1. The van der Waals surface area contributed by atoms with E-state index < -0.39 is 0 Å². The highest BCUT2D eigenvalue weighted by molar-refractivity contribution is 5.80. The van der Waals surface area contributed by atoms with E-state index in [9.17, 15) is 4.79 Å². The molecule has 0 fully saturated rings. The van der Waals surface area contributed by atoms with Crippen LogP contribution in [-0.4, -0.2) is 21.5 Å². The maximum atomic E-state index is 13.2. The van der Waals surface area contributed by atoms with Crippen molar-refractivity contribution in [1.29, 1.82) is 5.26 Å². The molecule has 0 spiro atoms. The highest BCUT2D eigenvalue weighted by Crippen LogP contribution is 2.25. The Morgan fingerprint density at radius 3 is 2.69 bits per heavy atom. The summed E-state index contributed by atoms with van der Waals surface area (Å²) >= 11 is 0. The van der Waals surface area contributed by atoms with Crippen molar-refractivity contribution in [3.8, 4) is 23.1 Å². The summed E-state index contributed by atoms with van der Waals surface area (Å²) in [6.45, 7) is 0. The zero-order valence-corrected chi connectivity index (χ0v) is 14.2. The first-order valence-corrected chi connectivity index (χ1v) is 8.26. The second-order valence-electron chi connectivity index (χ2n) is 5.93. The molecular weight excluding hydrogens is 328 g/mol. The van der Waals surface area contributed by atoms with Gasteiger partial charge in [-0.3, -0.25) is 4.79 Å². The molecule has 0 atom stereocenters. The van der Waals surface area contributed by atoms with Crippen LogP contribution in [0.3, 0.4) is 0 Å². The molecule has 6 nitrogen and oxygen atoms in total. The number of fused-ring (bicyclic) bond motifs is 3. The second kappa shape index (κ2) is 6.37. The molecule has 2 heterocycles. The molecule has 6 heteroatoms. The van der Waals surface area contributed by atoms with Gasteiger partial charge in [-0.1, -0.05) is 12.1 Å². The van der Waals surface area contributed by atoms with Gasteiger partial charge >= 0.3 is 0 Å². The smallest absolute Gasteiger partial charge is 0.263 e. The Balaban J connectivity index is 2.02. The molecule has 4 aromatic rings. The Morgan fingerprint density at radius 2 is 1.96 bits per heavy atom. The lowest BCUT2D eigenvalue weighted by molar-refractivity contribution is 0.415. The number of imidazole rings is 1. The summed E-state index contributed by atoms with van der Waals surface area (Å²) in [5, 5.41) is 8.99. The highest BCUT2D eigenvalue weighted by atomic mass is 16.5. The van der Waals surface area contributed by atoms with E-state index in [0.29, 0.717) is 23.5 Å². The summed E-state index contributed by atoms with van der Waals surface area (Å²) in [5.41, 5.74) is 3.43. The van der Waals surface area contributed by atoms with E-state index in [1.165, 1.54) is 0 Å². The molecule has 2 aromatic carbocycles. The normalized spacial score (nSPS) is 10.9. The van der Waals surface area contributed by atoms with E-state index in [1.807, 2.05) is 48.5 Å². The van der Waals surface area contributed by atoms with E-state index >= 15 is 0 Å². The summed E-state index contributed by atoms with van der Waals surface area (Å²) in [6.07, 6.45) is 0.612. The first-order chi connectivity index (χ1) is 12.7. The quantitative estimate of drug-likeness (QED) is 0.616. The lowest BCUT2D eigenvalue weighted by Crippen LogP contribution is -2.20. The molecule has 128 valence electrons. The third-order valence-corrected chi connectivity index (χ3v) is 4.42. The van der Waals surface area contributed by atoms with Crippen LogP contribution in [0.1, 0.15) is 12.0 Å². The topological polar surface area (TPSA) is 83.2 Å². The van der Waals surface area contributed by atoms with Gasteiger partial charge in [0, 0.05) is 17.5 Å². The third-order valence-electron chi connectivity index (χ3n) is 4.42. The van der Waals surface area contributed by atoms with E-state index in [4.69, 9.17) is 15.0 Å². The first kappa shape index (κ1) is 15.9. The van der Waals surface area contributed by atoms with Gasteiger partial charge in [-0.2, -0.15) is 5.26 Å². The molecule has 0 aliphatic carbocycles. The van der Waals surface area contributed by atoms with Gasteiger partial charge in [0.25, 0.3) is 5.56 Å². The van der Waals surface area contributed by atoms with Crippen LogP contribution in [0.15, 0.2) is 53.3 Å². The van der Waals surface area contributed by atoms with Crippen molar-refractivity contribution in [2.45, 2.75) is 12.8 Å². The zero-order valence-electron chi connectivity index (χ0n) is 14.2. The van der Waals surface area contributed by atoms with Crippen LogP contribution in [-0.2, 0) is 6.42 Å². The average Bonchev–Trinajstić information content (AvgIpc) is 3.06. The molecule has 2 aromatic heterocycles. The number of hydrogen-bond acceptors (Lipinski definition) is 4. The monoisotopic (exact) mass is 344 g/mol. The largest absolute Gasteiger partial charge is 0.497 e. The standard InChI is InChI=1S/C20H16N4O2/c1-26-14-10-8-13(9-11-14)18-15(5-4-12-21)19(25)24-17-7-3-2-6-16(17)22-20(24)23-18/h2-3,6-11H,4-5H2,1H3,(H,22,23). The number of aromatic nitrogens is 3. The van der Waals surface area contributed by atoms with E-state index in [0.717, 1.165) is 22.3 Å². The molecule has 0 saturated carbocycles. The number of H-pyrrole nitrogens is 1. The summed E-state index contributed by atoms with van der Waals surface area (Å²) in [7, 11) is 1.61. The molecule has 0 aliphatic rings. The molecule has 26 heavy (non-hydrogen) atoms. The number of hydrogen-bond donors (Lipinski definition) is 1. The number of nitrogens with one attached hydrogen (secondary N) is 1. The van der Waals surface area contributed by atoms with Crippen molar-refractivity contribution >= 4 is 16.8 Å². The van der Waals surface area contributed by atoms with E-state index in [-0.39, 0.29) is 12.0 Å².